The van der Waals surface area contributed by atoms with Crippen LogP contribution >= 0.6 is 0 Å². The van der Waals surface area contributed by atoms with Gasteiger partial charge in [-0.2, -0.15) is 5.10 Å². The van der Waals surface area contributed by atoms with Crippen molar-refractivity contribution in [3.63, 3.8) is 0 Å². The lowest BCUT2D eigenvalue weighted by Gasteiger charge is -2.08. The first-order chi connectivity index (χ1) is 13.8. The van der Waals surface area contributed by atoms with Crippen LogP contribution in [0.2, 0.25) is 0 Å². The standard InChI is InChI=1S/C19H15FN4O4S/c1-29(26,27)9-14-13-4-2-3-5-17(13)28-18(14)19(25)23-12-6-7-16(15(20)8-12)24-11-21-10-22-24/h2-8,10-11H,9H2,1H3,(H,23,25). The Morgan fingerprint density at radius 2 is 2.03 bits per heavy atom. The molecule has 0 saturated carbocycles. The topological polar surface area (TPSA) is 107 Å². The second-order valence-electron chi connectivity index (χ2n) is 6.44. The number of anilines is 1. The number of sulfone groups is 1. The Morgan fingerprint density at radius 3 is 2.72 bits per heavy atom. The molecule has 4 aromatic rings. The molecule has 0 fully saturated rings. The van der Waals surface area contributed by atoms with Crippen LogP contribution in [0.15, 0.2) is 59.5 Å². The summed E-state index contributed by atoms with van der Waals surface area (Å²) in [5.74, 6) is -1.77. The predicted molar refractivity (Wildman–Crippen MR) is 104 cm³/mol. The van der Waals surface area contributed by atoms with Gasteiger partial charge in [0.15, 0.2) is 21.4 Å². The summed E-state index contributed by atoms with van der Waals surface area (Å²) in [5, 5.41) is 6.95. The van der Waals surface area contributed by atoms with E-state index < -0.39 is 21.6 Å². The molecular weight excluding hydrogens is 399 g/mol. The molecule has 2 heterocycles. The van der Waals surface area contributed by atoms with Crippen LogP contribution in [-0.2, 0) is 15.6 Å². The average Bonchev–Trinajstić information content (AvgIpc) is 3.29. The maximum absolute atomic E-state index is 14.4. The lowest BCUT2D eigenvalue weighted by atomic mass is 10.1. The van der Waals surface area contributed by atoms with Gasteiger partial charge in [-0.3, -0.25) is 4.79 Å². The highest BCUT2D eigenvalue weighted by Gasteiger charge is 2.23. The summed E-state index contributed by atoms with van der Waals surface area (Å²) in [6.45, 7) is 0. The van der Waals surface area contributed by atoms with E-state index in [2.05, 4.69) is 15.4 Å². The van der Waals surface area contributed by atoms with E-state index in [1.807, 2.05) is 0 Å². The van der Waals surface area contributed by atoms with Crippen molar-refractivity contribution < 1.29 is 22.0 Å². The van der Waals surface area contributed by atoms with Crippen LogP contribution in [0.3, 0.4) is 0 Å². The lowest BCUT2D eigenvalue weighted by molar-refractivity contribution is 0.0998. The molecule has 4 rings (SSSR count). The maximum Gasteiger partial charge on any atom is 0.291 e. The summed E-state index contributed by atoms with van der Waals surface area (Å²) in [5.41, 5.74) is 1.01. The highest BCUT2D eigenvalue weighted by Crippen LogP contribution is 2.28. The Hall–Kier alpha value is -3.53. The second kappa shape index (κ2) is 7.13. The van der Waals surface area contributed by atoms with Crippen LogP contribution in [-0.4, -0.2) is 35.3 Å². The van der Waals surface area contributed by atoms with Crippen LogP contribution in [0.25, 0.3) is 16.7 Å². The number of fused-ring (bicyclic) bond motifs is 1. The third-order valence-electron chi connectivity index (χ3n) is 4.18. The summed E-state index contributed by atoms with van der Waals surface area (Å²) >= 11 is 0. The molecule has 0 aliphatic carbocycles. The van der Waals surface area contributed by atoms with Gasteiger partial charge in [0.2, 0.25) is 0 Å². The van der Waals surface area contributed by atoms with Gasteiger partial charge in [0.25, 0.3) is 5.91 Å². The number of nitrogens with one attached hydrogen (secondary N) is 1. The number of hydrogen-bond acceptors (Lipinski definition) is 6. The maximum atomic E-state index is 14.4. The molecule has 29 heavy (non-hydrogen) atoms. The van der Waals surface area contributed by atoms with Gasteiger partial charge >= 0.3 is 0 Å². The van der Waals surface area contributed by atoms with Gasteiger partial charge in [-0.05, 0) is 24.3 Å². The number of carbonyl (C=O) groups is 1. The Labute approximate surface area is 164 Å². The van der Waals surface area contributed by atoms with Crippen LogP contribution in [0.5, 0.6) is 0 Å². The van der Waals surface area contributed by atoms with Gasteiger partial charge in [-0.15, -0.1) is 0 Å². The molecule has 0 radical (unpaired) electrons. The third-order valence-corrected chi connectivity index (χ3v) is 5.00. The monoisotopic (exact) mass is 414 g/mol. The van der Waals surface area contributed by atoms with E-state index in [1.54, 1.807) is 24.3 Å². The molecule has 2 aromatic carbocycles. The van der Waals surface area contributed by atoms with Crippen LogP contribution in [0, 0.1) is 5.82 Å². The van der Waals surface area contributed by atoms with Gasteiger partial charge in [0, 0.05) is 22.9 Å². The highest BCUT2D eigenvalue weighted by molar-refractivity contribution is 7.89. The van der Waals surface area contributed by atoms with Crippen molar-refractivity contribution in [1.82, 2.24) is 14.8 Å². The number of benzene rings is 2. The highest BCUT2D eigenvalue weighted by atomic mass is 32.2. The Bertz CT molecular complexity index is 1310. The fraction of sp³-hybridized carbons (Fsp3) is 0.105. The second-order valence-corrected chi connectivity index (χ2v) is 8.58. The molecule has 148 valence electrons. The van der Waals surface area contributed by atoms with Gasteiger partial charge in [-0.1, -0.05) is 18.2 Å². The first-order valence-corrected chi connectivity index (χ1v) is 10.5. The fourth-order valence-electron chi connectivity index (χ4n) is 2.98. The Morgan fingerprint density at radius 1 is 1.24 bits per heavy atom. The SMILES string of the molecule is CS(=O)(=O)Cc1c(C(=O)Nc2ccc(-n3cncn3)c(F)c2)oc2ccccc12. The van der Waals surface area contributed by atoms with Gasteiger partial charge < -0.3 is 9.73 Å². The largest absolute Gasteiger partial charge is 0.451 e. The molecule has 2 aromatic heterocycles. The molecule has 0 aliphatic rings. The van der Waals surface area contributed by atoms with E-state index in [-0.39, 0.29) is 28.5 Å². The molecule has 0 spiro atoms. The predicted octanol–water partition coefficient (Wildman–Crippen LogP) is 2.95. The van der Waals surface area contributed by atoms with Gasteiger partial charge in [0.05, 0.1) is 5.75 Å². The van der Waals surface area contributed by atoms with Crippen LogP contribution < -0.4 is 5.32 Å². The minimum Gasteiger partial charge on any atom is -0.451 e. The van der Waals surface area contributed by atoms with Gasteiger partial charge in [0.1, 0.15) is 23.9 Å². The summed E-state index contributed by atoms with van der Waals surface area (Å²) in [7, 11) is -3.42. The van der Waals surface area contributed by atoms with Crippen molar-refractivity contribution in [1.29, 1.82) is 0 Å². The van der Waals surface area contributed by atoms with E-state index in [9.17, 15) is 17.6 Å². The van der Waals surface area contributed by atoms with Crippen LogP contribution in [0.4, 0.5) is 10.1 Å². The van der Waals surface area contributed by atoms with E-state index in [0.717, 1.165) is 12.3 Å². The first kappa shape index (κ1) is 18.8. The van der Waals surface area contributed by atoms with E-state index in [1.165, 1.54) is 29.5 Å². The molecular formula is C19H15FN4O4S. The number of furan rings is 1. The summed E-state index contributed by atoms with van der Waals surface area (Å²) in [6, 6.07) is 10.8. The van der Waals surface area contributed by atoms with Crippen molar-refractivity contribution in [2.24, 2.45) is 0 Å². The zero-order valence-corrected chi connectivity index (χ0v) is 16.0. The number of hydrogen-bond donors (Lipinski definition) is 1. The Kier molecular flexibility index (Phi) is 4.63. The van der Waals surface area contributed by atoms with Crippen LogP contribution in [0.1, 0.15) is 16.1 Å². The molecule has 1 N–H and O–H groups in total. The molecule has 10 heteroatoms. The zero-order valence-electron chi connectivity index (χ0n) is 15.2. The van der Waals surface area contributed by atoms with E-state index in [0.29, 0.717) is 11.0 Å². The minimum atomic E-state index is -3.42. The average molecular weight is 414 g/mol. The van der Waals surface area contributed by atoms with Crippen molar-refractivity contribution in [3.8, 4) is 5.69 Å². The number of amides is 1. The molecule has 0 aliphatic heterocycles. The molecule has 0 bridgehead atoms. The van der Waals surface area contributed by atoms with Crippen molar-refractivity contribution in [2.45, 2.75) is 5.75 Å². The number of para-hydroxylation sites is 1. The first-order valence-electron chi connectivity index (χ1n) is 8.46. The smallest absolute Gasteiger partial charge is 0.291 e. The molecule has 0 saturated heterocycles. The summed E-state index contributed by atoms with van der Waals surface area (Å²) in [6.07, 6.45) is 3.71. The third kappa shape index (κ3) is 3.87. The summed E-state index contributed by atoms with van der Waals surface area (Å²) in [4.78, 5) is 16.5. The molecule has 8 nitrogen and oxygen atoms in total. The summed E-state index contributed by atoms with van der Waals surface area (Å²) < 4.78 is 44.9. The quantitative estimate of drug-likeness (QED) is 0.538. The van der Waals surface area contributed by atoms with E-state index in [4.69, 9.17) is 4.42 Å². The fourth-order valence-corrected chi connectivity index (χ4v) is 3.79. The number of halogens is 1. The van der Waals surface area contributed by atoms with Crippen molar-refractivity contribution in [3.05, 3.63) is 72.3 Å². The number of aromatic nitrogens is 3. The normalized spacial score (nSPS) is 11.7. The van der Waals surface area contributed by atoms with Crippen molar-refractivity contribution >= 4 is 32.4 Å². The minimum absolute atomic E-state index is 0.127. The van der Waals surface area contributed by atoms with E-state index >= 15 is 0 Å². The number of rotatable bonds is 5. The molecule has 0 unspecified atom stereocenters. The van der Waals surface area contributed by atoms with Gasteiger partial charge in [-0.25, -0.2) is 22.5 Å². The lowest BCUT2D eigenvalue weighted by Crippen LogP contribution is -2.15. The molecule has 0 atom stereocenters. The van der Waals surface area contributed by atoms with Crippen molar-refractivity contribution in [2.75, 3.05) is 11.6 Å². The zero-order chi connectivity index (χ0) is 20.6. The molecule has 1 amide bonds. The number of nitrogens with zero attached hydrogens (tertiary/aromatic N) is 3. The Balaban J connectivity index is 1.68. The number of carbonyl (C=O) groups excluding carboxylic acids is 1.